The Morgan fingerprint density at radius 2 is 1.91 bits per heavy atom. The van der Waals surface area contributed by atoms with Gasteiger partial charge in [0.1, 0.15) is 11.3 Å². The number of methoxy groups -OCH3 is 1. The monoisotopic (exact) mass is 313 g/mol. The maximum absolute atomic E-state index is 12.3. The van der Waals surface area contributed by atoms with Gasteiger partial charge in [0, 0.05) is 11.6 Å². The second kappa shape index (κ2) is 6.03. The van der Waals surface area contributed by atoms with Crippen molar-refractivity contribution >= 4 is 28.5 Å². The summed E-state index contributed by atoms with van der Waals surface area (Å²) in [5.41, 5.74) is 0.983. The first kappa shape index (κ1) is 14.4. The molecule has 0 saturated heterocycles. The highest BCUT2D eigenvalue weighted by Crippen LogP contribution is 2.27. The molecule has 0 fully saturated rings. The van der Waals surface area contributed by atoms with E-state index in [1.165, 1.54) is 13.2 Å². The Kier molecular flexibility index (Phi) is 3.94. The average Bonchev–Trinajstić information content (AvgIpc) is 2.55. The molecule has 0 radical (unpaired) electrons. The van der Waals surface area contributed by atoms with Gasteiger partial charge in [0.25, 0.3) is 0 Å². The minimum Gasteiger partial charge on any atom is -0.495 e. The predicted octanol–water partition coefficient (Wildman–Crippen LogP) is 4.12. The summed E-state index contributed by atoms with van der Waals surface area (Å²) in [4.78, 5) is 16.5. The molecular formula is C17H12ClNO3. The van der Waals surface area contributed by atoms with E-state index >= 15 is 0 Å². The number of halogens is 1. The number of rotatable bonds is 3. The molecule has 0 bridgehead atoms. The molecule has 4 nitrogen and oxygen atoms in total. The van der Waals surface area contributed by atoms with Crippen molar-refractivity contribution in [3.63, 3.8) is 0 Å². The van der Waals surface area contributed by atoms with E-state index in [4.69, 9.17) is 21.1 Å². The zero-order valence-electron chi connectivity index (χ0n) is 11.7. The van der Waals surface area contributed by atoms with Crippen molar-refractivity contribution in [2.75, 3.05) is 7.11 Å². The van der Waals surface area contributed by atoms with Gasteiger partial charge in [-0.05, 0) is 30.3 Å². The molecule has 5 heteroatoms. The van der Waals surface area contributed by atoms with Gasteiger partial charge in [0.15, 0.2) is 5.75 Å². The molecule has 0 aliphatic rings. The molecule has 3 aromatic rings. The number of nitrogens with zero attached hydrogens (tertiary/aromatic N) is 1. The lowest BCUT2D eigenvalue weighted by Gasteiger charge is -2.08. The third kappa shape index (κ3) is 2.73. The maximum atomic E-state index is 12.3. The Morgan fingerprint density at radius 1 is 1.09 bits per heavy atom. The summed E-state index contributed by atoms with van der Waals surface area (Å²) in [5, 5.41) is 1.26. The van der Waals surface area contributed by atoms with Crippen LogP contribution in [0, 0.1) is 0 Å². The minimum atomic E-state index is -0.497. The van der Waals surface area contributed by atoms with Crippen LogP contribution in [0.5, 0.6) is 11.5 Å². The smallest absolute Gasteiger partial charge is 0.343 e. The molecule has 0 saturated carbocycles. The van der Waals surface area contributed by atoms with Gasteiger partial charge in [0.05, 0.1) is 17.7 Å². The summed E-state index contributed by atoms with van der Waals surface area (Å²) in [6.07, 6.45) is 1.66. The summed E-state index contributed by atoms with van der Waals surface area (Å²) < 4.78 is 10.5. The van der Waals surface area contributed by atoms with Crippen LogP contribution in [0.1, 0.15) is 10.4 Å². The van der Waals surface area contributed by atoms with Crippen molar-refractivity contribution in [2.45, 2.75) is 0 Å². The van der Waals surface area contributed by atoms with Gasteiger partial charge in [0.2, 0.25) is 0 Å². The van der Waals surface area contributed by atoms with Crippen LogP contribution in [0.4, 0.5) is 0 Å². The highest BCUT2D eigenvalue weighted by atomic mass is 35.5. The standard InChI is InChI=1S/C17H12ClNO3/c1-21-14-8-7-12(10-13(14)18)17(20)22-15-6-2-4-11-5-3-9-19-16(11)15/h2-10H,1H3. The van der Waals surface area contributed by atoms with E-state index in [-0.39, 0.29) is 0 Å². The van der Waals surface area contributed by atoms with Gasteiger partial charge in [-0.1, -0.05) is 29.8 Å². The Bertz CT molecular complexity index is 843. The van der Waals surface area contributed by atoms with Crippen LogP contribution in [0.15, 0.2) is 54.7 Å². The molecule has 0 aliphatic heterocycles. The second-order valence-electron chi connectivity index (χ2n) is 4.57. The van der Waals surface area contributed by atoms with Crippen LogP contribution in [0.3, 0.4) is 0 Å². The first-order valence-electron chi connectivity index (χ1n) is 6.58. The Hall–Kier alpha value is -2.59. The van der Waals surface area contributed by atoms with Gasteiger partial charge >= 0.3 is 5.97 Å². The van der Waals surface area contributed by atoms with Crippen LogP contribution in [-0.4, -0.2) is 18.1 Å². The first-order chi connectivity index (χ1) is 10.7. The van der Waals surface area contributed by atoms with Gasteiger partial charge in [-0.2, -0.15) is 0 Å². The quantitative estimate of drug-likeness (QED) is 0.539. The molecule has 22 heavy (non-hydrogen) atoms. The molecule has 3 rings (SSSR count). The molecular weight excluding hydrogens is 302 g/mol. The van der Waals surface area contributed by atoms with Crippen molar-refractivity contribution in [3.8, 4) is 11.5 Å². The van der Waals surface area contributed by atoms with E-state index in [1.54, 1.807) is 24.4 Å². The number of pyridine rings is 1. The SMILES string of the molecule is COc1ccc(C(=O)Oc2cccc3cccnc23)cc1Cl. The molecule has 0 N–H and O–H groups in total. The Labute approximate surface area is 132 Å². The second-order valence-corrected chi connectivity index (χ2v) is 4.98. The van der Waals surface area contributed by atoms with Crippen molar-refractivity contribution in [2.24, 2.45) is 0 Å². The van der Waals surface area contributed by atoms with Crippen molar-refractivity contribution < 1.29 is 14.3 Å². The molecule has 0 unspecified atom stereocenters. The maximum Gasteiger partial charge on any atom is 0.343 e. The third-order valence-corrected chi connectivity index (χ3v) is 3.48. The highest BCUT2D eigenvalue weighted by molar-refractivity contribution is 6.32. The number of hydrogen-bond acceptors (Lipinski definition) is 4. The van der Waals surface area contributed by atoms with Crippen molar-refractivity contribution in [1.82, 2.24) is 4.98 Å². The molecule has 1 aromatic heterocycles. The molecule has 110 valence electrons. The molecule has 0 spiro atoms. The fourth-order valence-corrected chi connectivity index (χ4v) is 2.37. The predicted molar refractivity (Wildman–Crippen MR) is 84.7 cm³/mol. The minimum absolute atomic E-state index is 0.346. The Balaban J connectivity index is 1.92. The number of carbonyl (C=O) groups is 1. The third-order valence-electron chi connectivity index (χ3n) is 3.19. The van der Waals surface area contributed by atoms with Gasteiger partial charge in [-0.15, -0.1) is 0 Å². The first-order valence-corrected chi connectivity index (χ1v) is 6.96. The number of ether oxygens (including phenoxy) is 2. The van der Waals surface area contributed by atoms with E-state index < -0.39 is 5.97 Å². The van der Waals surface area contributed by atoms with Crippen LogP contribution in [0.25, 0.3) is 10.9 Å². The van der Waals surface area contributed by atoms with E-state index in [9.17, 15) is 4.79 Å². The normalized spacial score (nSPS) is 10.5. The van der Waals surface area contributed by atoms with Gasteiger partial charge < -0.3 is 9.47 Å². The Morgan fingerprint density at radius 3 is 2.68 bits per heavy atom. The molecule has 1 heterocycles. The van der Waals surface area contributed by atoms with E-state index in [1.807, 2.05) is 24.3 Å². The number of benzene rings is 2. The summed E-state index contributed by atoms with van der Waals surface area (Å²) in [6.45, 7) is 0. The zero-order valence-corrected chi connectivity index (χ0v) is 12.5. The van der Waals surface area contributed by atoms with Gasteiger partial charge in [-0.3, -0.25) is 4.98 Å². The number of aromatic nitrogens is 1. The number of fused-ring (bicyclic) bond motifs is 1. The largest absolute Gasteiger partial charge is 0.495 e. The molecule has 0 atom stereocenters. The fourth-order valence-electron chi connectivity index (χ4n) is 2.11. The fraction of sp³-hybridized carbons (Fsp3) is 0.0588. The van der Waals surface area contributed by atoms with Crippen molar-refractivity contribution in [1.29, 1.82) is 0 Å². The number of para-hydroxylation sites is 1. The highest BCUT2D eigenvalue weighted by Gasteiger charge is 2.13. The zero-order chi connectivity index (χ0) is 15.5. The average molecular weight is 314 g/mol. The lowest BCUT2D eigenvalue weighted by Crippen LogP contribution is -2.09. The summed E-state index contributed by atoms with van der Waals surface area (Å²) in [5.74, 6) is 0.419. The topological polar surface area (TPSA) is 48.4 Å². The lowest BCUT2D eigenvalue weighted by atomic mass is 10.2. The van der Waals surface area contributed by atoms with Crippen LogP contribution in [-0.2, 0) is 0 Å². The molecule has 0 amide bonds. The lowest BCUT2D eigenvalue weighted by molar-refractivity contribution is 0.0737. The van der Waals surface area contributed by atoms with E-state index in [0.717, 1.165) is 5.39 Å². The molecule has 2 aromatic carbocycles. The van der Waals surface area contributed by atoms with Crippen LogP contribution < -0.4 is 9.47 Å². The van der Waals surface area contributed by atoms with E-state index in [0.29, 0.717) is 27.6 Å². The van der Waals surface area contributed by atoms with Crippen molar-refractivity contribution in [3.05, 3.63) is 65.3 Å². The summed E-state index contributed by atoms with van der Waals surface area (Å²) in [7, 11) is 1.51. The molecule has 0 aliphatic carbocycles. The van der Waals surface area contributed by atoms with E-state index in [2.05, 4.69) is 4.98 Å². The number of esters is 1. The number of hydrogen-bond donors (Lipinski definition) is 0. The van der Waals surface area contributed by atoms with Crippen LogP contribution in [0.2, 0.25) is 5.02 Å². The number of carbonyl (C=O) groups excluding carboxylic acids is 1. The summed E-state index contributed by atoms with van der Waals surface area (Å²) >= 11 is 6.03. The van der Waals surface area contributed by atoms with Gasteiger partial charge in [-0.25, -0.2) is 4.79 Å². The summed E-state index contributed by atoms with van der Waals surface area (Å²) in [6, 6.07) is 13.9. The van der Waals surface area contributed by atoms with Crippen LogP contribution >= 0.6 is 11.6 Å².